The van der Waals surface area contributed by atoms with E-state index >= 15 is 0 Å². The molecule has 2 atom stereocenters. The van der Waals surface area contributed by atoms with Crippen molar-refractivity contribution in [3.8, 4) is 0 Å². The summed E-state index contributed by atoms with van der Waals surface area (Å²) in [5.41, 5.74) is 0.116. The van der Waals surface area contributed by atoms with Crippen molar-refractivity contribution in [3.05, 3.63) is 40.3 Å². The third-order valence-electron chi connectivity index (χ3n) is 4.91. The van der Waals surface area contributed by atoms with E-state index in [4.69, 9.17) is 4.74 Å². The molecule has 1 aromatic heterocycles. The third-order valence-corrected chi connectivity index (χ3v) is 4.91. The Labute approximate surface area is 151 Å². The summed E-state index contributed by atoms with van der Waals surface area (Å²) in [4.78, 5) is 35.8. The third kappa shape index (κ3) is 4.28. The average Bonchev–Trinajstić information content (AvgIpc) is 2.64. The smallest absolute Gasteiger partial charge is 0.312 e. The van der Waals surface area contributed by atoms with Gasteiger partial charge in [0.05, 0.1) is 17.5 Å². The van der Waals surface area contributed by atoms with E-state index in [2.05, 4.69) is 22.4 Å². The molecule has 2 aromatic rings. The number of fused-ring (bicyclic) bond motifs is 1. The highest BCUT2D eigenvalue weighted by atomic mass is 16.5. The van der Waals surface area contributed by atoms with Crippen molar-refractivity contribution in [1.82, 2.24) is 15.5 Å². The van der Waals surface area contributed by atoms with Crippen LogP contribution in [0.1, 0.15) is 38.3 Å². The summed E-state index contributed by atoms with van der Waals surface area (Å²) >= 11 is 0. The molecule has 1 aliphatic rings. The Morgan fingerprint density at radius 3 is 2.73 bits per heavy atom. The topological polar surface area (TPSA) is 101 Å². The minimum Gasteiger partial charge on any atom is -0.455 e. The Kier molecular flexibility index (Phi) is 5.65. The Balaban J connectivity index is 1.55. The van der Waals surface area contributed by atoms with E-state index < -0.39 is 5.97 Å². The van der Waals surface area contributed by atoms with Crippen LogP contribution < -0.4 is 10.9 Å². The highest BCUT2D eigenvalue weighted by Crippen LogP contribution is 2.23. The number of hydrogen-bond acceptors (Lipinski definition) is 5. The maximum absolute atomic E-state index is 12.1. The van der Waals surface area contributed by atoms with E-state index in [0.29, 0.717) is 22.4 Å². The van der Waals surface area contributed by atoms with Crippen LogP contribution in [-0.4, -0.2) is 34.7 Å². The second-order valence-corrected chi connectivity index (χ2v) is 6.82. The molecule has 1 heterocycles. The normalized spacial score (nSPS) is 19.9. The lowest BCUT2D eigenvalue weighted by atomic mass is 9.86. The minimum absolute atomic E-state index is 0.107. The first-order valence-electron chi connectivity index (χ1n) is 8.96. The van der Waals surface area contributed by atoms with E-state index in [1.807, 2.05) is 0 Å². The summed E-state index contributed by atoms with van der Waals surface area (Å²) in [5.74, 6) is -0.391. The van der Waals surface area contributed by atoms with Crippen LogP contribution in [-0.2, 0) is 20.7 Å². The van der Waals surface area contributed by atoms with Gasteiger partial charge in [-0.25, -0.2) is 5.10 Å². The lowest BCUT2D eigenvalue weighted by Crippen LogP contribution is -2.43. The standard InChI is InChI=1S/C19H23N3O4/c1-12-6-2-5-9-15(12)20-17(23)11-26-18(24)10-16-13-7-3-4-8-14(13)19(25)22-21-16/h3-4,7-8,12,15H,2,5-6,9-11H2,1H3,(H,20,23)(H,22,25). The molecule has 0 saturated heterocycles. The van der Waals surface area contributed by atoms with Gasteiger partial charge in [-0.1, -0.05) is 38.0 Å². The molecule has 0 spiro atoms. The number of hydrogen-bond donors (Lipinski definition) is 2. The van der Waals surface area contributed by atoms with Gasteiger partial charge < -0.3 is 10.1 Å². The van der Waals surface area contributed by atoms with Gasteiger partial charge in [-0.05, 0) is 24.8 Å². The maximum Gasteiger partial charge on any atom is 0.312 e. The van der Waals surface area contributed by atoms with Crippen molar-refractivity contribution in [3.63, 3.8) is 0 Å². The molecule has 0 bridgehead atoms. The number of amides is 1. The fourth-order valence-corrected chi connectivity index (χ4v) is 3.42. The number of rotatable bonds is 5. The minimum atomic E-state index is -0.554. The molecule has 26 heavy (non-hydrogen) atoms. The molecule has 1 amide bonds. The quantitative estimate of drug-likeness (QED) is 0.793. The fraction of sp³-hybridized carbons (Fsp3) is 0.474. The first-order valence-corrected chi connectivity index (χ1v) is 8.96. The number of aromatic amines is 1. The van der Waals surface area contributed by atoms with Gasteiger partial charge in [0.1, 0.15) is 0 Å². The van der Waals surface area contributed by atoms with Crippen LogP contribution in [0.3, 0.4) is 0 Å². The van der Waals surface area contributed by atoms with Crippen LogP contribution in [0.15, 0.2) is 29.1 Å². The number of benzene rings is 1. The number of ether oxygens (including phenoxy) is 1. The fourth-order valence-electron chi connectivity index (χ4n) is 3.42. The molecule has 1 aliphatic carbocycles. The largest absolute Gasteiger partial charge is 0.455 e. The molecular weight excluding hydrogens is 334 g/mol. The molecule has 2 N–H and O–H groups in total. The first-order chi connectivity index (χ1) is 12.5. The van der Waals surface area contributed by atoms with Gasteiger partial charge in [0.2, 0.25) is 0 Å². The van der Waals surface area contributed by atoms with Crippen molar-refractivity contribution in [2.45, 2.75) is 45.1 Å². The summed E-state index contributed by atoms with van der Waals surface area (Å²) in [5, 5.41) is 10.3. The highest BCUT2D eigenvalue weighted by Gasteiger charge is 2.23. The summed E-state index contributed by atoms with van der Waals surface area (Å²) in [6.07, 6.45) is 4.27. The first kappa shape index (κ1) is 18.1. The molecule has 0 aliphatic heterocycles. The van der Waals surface area contributed by atoms with Crippen LogP contribution in [0.2, 0.25) is 0 Å². The van der Waals surface area contributed by atoms with E-state index in [1.54, 1.807) is 24.3 Å². The number of aromatic nitrogens is 2. The number of H-pyrrole nitrogens is 1. The van der Waals surface area contributed by atoms with Crippen molar-refractivity contribution in [2.75, 3.05) is 6.61 Å². The number of nitrogens with zero attached hydrogens (tertiary/aromatic N) is 1. The van der Waals surface area contributed by atoms with Crippen LogP contribution in [0.5, 0.6) is 0 Å². The second kappa shape index (κ2) is 8.12. The Morgan fingerprint density at radius 2 is 1.96 bits per heavy atom. The van der Waals surface area contributed by atoms with E-state index in [9.17, 15) is 14.4 Å². The van der Waals surface area contributed by atoms with Crippen LogP contribution >= 0.6 is 0 Å². The van der Waals surface area contributed by atoms with Gasteiger partial charge in [0.25, 0.3) is 11.5 Å². The molecule has 0 radical (unpaired) electrons. The van der Waals surface area contributed by atoms with Gasteiger partial charge in [-0.15, -0.1) is 0 Å². The predicted molar refractivity (Wildman–Crippen MR) is 96.6 cm³/mol. The molecule has 1 aromatic carbocycles. The second-order valence-electron chi connectivity index (χ2n) is 6.82. The molecule has 138 valence electrons. The Hall–Kier alpha value is -2.70. The van der Waals surface area contributed by atoms with Crippen LogP contribution in [0.4, 0.5) is 0 Å². The summed E-state index contributed by atoms with van der Waals surface area (Å²) < 4.78 is 5.08. The lowest BCUT2D eigenvalue weighted by Gasteiger charge is -2.29. The SMILES string of the molecule is CC1CCCCC1NC(=O)COC(=O)Cc1n[nH]c(=O)c2ccccc12. The number of carbonyl (C=O) groups excluding carboxylic acids is 2. The van der Waals surface area contributed by atoms with E-state index in [0.717, 1.165) is 19.3 Å². The van der Waals surface area contributed by atoms with Gasteiger partial charge >= 0.3 is 5.97 Å². The van der Waals surface area contributed by atoms with Crippen molar-refractivity contribution in [1.29, 1.82) is 0 Å². The highest BCUT2D eigenvalue weighted by molar-refractivity contribution is 5.87. The maximum atomic E-state index is 12.1. The summed E-state index contributed by atoms with van der Waals surface area (Å²) in [6.45, 7) is 1.83. The lowest BCUT2D eigenvalue weighted by molar-refractivity contribution is -0.148. The van der Waals surface area contributed by atoms with Gasteiger partial charge in [0.15, 0.2) is 6.61 Å². The zero-order chi connectivity index (χ0) is 18.5. The van der Waals surface area contributed by atoms with Crippen LogP contribution in [0.25, 0.3) is 10.8 Å². The zero-order valence-corrected chi connectivity index (χ0v) is 14.8. The van der Waals surface area contributed by atoms with Gasteiger partial charge in [-0.2, -0.15) is 5.10 Å². The Morgan fingerprint density at radius 1 is 1.23 bits per heavy atom. The van der Waals surface area contributed by atoms with Crippen molar-refractivity contribution in [2.24, 2.45) is 5.92 Å². The van der Waals surface area contributed by atoms with E-state index in [-0.39, 0.29) is 30.5 Å². The summed E-state index contributed by atoms with van der Waals surface area (Å²) in [6, 6.07) is 7.08. The number of carbonyl (C=O) groups is 2. The molecule has 7 nitrogen and oxygen atoms in total. The van der Waals surface area contributed by atoms with E-state index in [1.165, 1.54) is 6.42 Å². The zero-order valence-electron chi connectivity index (χ0n) is 14.8. The van der Waals surface area contributed by atoms with Crippen LogP contribution in [0, 0.1) is 5.92 Å². The van der Waals surface area contributed by atoms with Crippen molar-refractivity contribution < 1.29 is 14.3 Å². The number of nitrogens with one attached hydrogen (secondary N) is 2. The van der Waals surface area contributed by atoms with Gasteiger partial charge in [-0.3, -0.25) is 14.4 Å². The number of esters is 1. The van der Waals surface area contributed by atoms with Crippen molar-refractivity contribution >= 4 is 22.6 Å². The monoisotopic (exact) mass is 357 g/mol. The Bertz CT molecular complexity index is 861. The predicted octanol–water partition coefficient (Wildman–Crippen LogP) is 1.70. The molecule has 2 unspecified atom stereocenters. The van der Waals surface area contributed by atoms with Gasteiger partial charge in [0, 0.05) is 11.4 Å². The average molecular weight is 357 g/mol. The molecule has 1 fully saturated rings. The molecule has 1 saturated carbocycles. The summed E-state index contributed by atoms with van der Waals surface area (Å²) in [7, 11) is 0. The molecule has 3 rings (SSSR count). The molecule has 7 heteroatoms. The molecular formula is C19H23N3O4.